The number of nitrogens with zero attached hydrogens (tertiary/aromatic N) is 1. The molecule has 20 heavy (non-hydrogen) atoms. The van der Waals surface area contributed by atoms with E-state index in [-0.39, 0.29) is 0 Å². The summed E-state index contributed by atoms with van der Waals surface area (Å²) >= 11 is 1.36. The zero-order valence-electron chi connectivity index (χ0n) is 12.3. The fourth-order valence-electron chi connectivity index (χ4n) is 2.75. The maximum atomic E-state index is 12.5. The Hall–Kier alpha value is -0.430. The molecule has 1 N–H and O–H groups in total. The van der Waals surface area contributed by atoms with Gasteiger partial charge in [0.15, 0.2) is 0 Å². The smallest absolute Gasteiger partial charge is 0.252 e. The monoisotopic (exact) mass is 316 g/mol. The van der Waals surface area contributed by atoms with Gasteiger partial charge in [-0.3, -0.25) is 0 Å². The molecule has 1 saturated carbocycles. The maximum absolute atomic E-state index is 12.5. The molecule has 1 aromatic heterocycles. The highest BCUT2D eigenvalue weighted by molar-refractivity contribution is 7.91. The first-order valence-electron chi connectivity index (χ1n) is 7.23. The van der Waals surface area contributed by atoms with E-state index in [1.54, 1.807) is 13.1 Å². The molecule has 0 unspecified atom stereocenters. The van der Waals surface area contributed by atoms with E-state index in [1.165, 1.54) is 34.9 Å². The normalized spacial score (nSPS) is 17.8. The van der Waals surface area contributed by atoms with Gasteiger partial charge in [-0.2, -0.15) is 4.31 Å². The first-order chi connectivity index (χ1) is 9.54. The minimum absolute atomic E-state index is 0.459. The number of hydrogen-bond acceptors (Lipinski definition) is 4. The highest BCUT2D eigenvalue weighted by Crippen LogP contribution is 2.28. The van der Waals surface area contributed by atoms with Crippen molar-refractivity contribution in [2.75, 3.05) is 20.6 Å². The summed E-state index contributed by atoms with van der Waals surface area (Å²) in [7, 11) is 0.262. The molecule has 1 fully saturated rings. The molecule has 0 bridgehead atoms. The Labute approximate surface area is 126 Å². The molecule has 0 saturated heterocycles. The molecule has 0 radical (unpaired) electrons. The van der Waals surface area contributed by atoms with Crippen LogP contribution in [0.2, 0.25) is 0 Å². The van der Waals surface area contributed by atoms with Gasteiger partial charge in [0.05, 0.1) is 0 Å². The molecule has 4 nitrogen and oxygen atoms in total. The van der Waals surface area contributed by atoms with Crippen molar-refractivity contribution < 1.29 is 8.42 Å². The standard InChI is InChI=1S/C14H24N2O2S2/c1-15-10-13-8-9-14(19-13)20(17,18)16(2)11-12-6-4-3-5-7-12/h8-9,12,15H,3-7,10-11H2,1-2H3. The zero-order valence-corrected chi connectivity index (χ0v) is 13.9. The molecular formula is C14H24N2O2S2. The first-order valence-corrected chi connectivity index (χ1v) is 9.49. The zero-order chi connectivity index (χ0) is 14.6. The van der Waals surface area contributed by atoms with E-state index >= 15 is 0 Å². The summed E-state index contributed by atoms with van der Waals surface area (Å²) in [5.74, 6) is 0.528. The van der Waals surface area contributed by atoms with E-state index in [0.717, 1.165) is 17.7 Å². The Morgan fingerprint density at radius 1 is 1.30 bits per heavy atom. The molecule has 1 aliphatic rings. The summed E-state index contributed by atoms with van der Waals surface area (Å²) in [6.45, 7) is 1.37. The Morgan fingerprint density at radius 3 is 2.65 bits per heavy atom. The molecule has 0 atom stereocenters. The molecular weight excluding hydrogens is 292 g/mol. The largest absolute Gasteiger partial charge is 0.315 e. The molecule has 1 aliphatic carbocycles. The van der Waals surface area contributed by atoms with Crippen LogP contribution in [0.4, 0.5) is 0 Å². The van der Waals surface area contributed by atoms with Crippen molar-refractivity contribution in [3.8, 4) is 0 Å². The van der Waals surface area contributed by atoms with Crippen molar-refractivity contribution in [3.63, 3.8) is 0 Å². The molecule has 6 heteroatoms. The summed E-state index contributed by atoms with van der Waals surface area (Å²) in [6.07, 6.45) is 6.10. The van der Waals surface area contributed by atoms with Crippen molar-refractivity contribution in [2.45, 2.75) is 42.9 Å². The summed E-state index contributed by atoms with van der Waals surface area (Å²) in [6, 6.07) is 3.62. The van der Waals surface area contributed by atoms with E-state index < -0.39 is 10.0 Å². The lowest BCUT2D eigenvalue weighted by Gasteiger charge is -2.26. The molecule has 0 spiro atoms. The molecule has 1 heterocycles. The Kier molecular flexibility index (Phi) is 5.60. The van der Waals surface area contributed by atoms with Crippen LogP contribution in [-0.2, 0) is 16.6 Å². The predicted octanol–water partition coefficient (Wildman–Crippen LogP) is 2.67. The van der Waals surface area contributed by atoms with E-state index in [0.29, 0.717) is 23.2 Å². The number of hydrogen-bond donors (Lipinski definition) is 1. The molecule has 2 rings (SSSR count). The Morgan fingerprint density at radius 2 is 2.00 bits per heavy atom. The third kappa shape index (κ3) is 3.81. The van der Waals surface area contributed by atoms with Crippen molar-refractivity contribution >= 4 is 21.4 Å². The maximum Gasteiger partial charge on any atom is 0.252 e. The Bertz CT molecular complexity index is 519. The number of thiophene rings is 1. The van der Waals surface area contributed by atoms with Crippen LogP contribution in [0.1, 0.15) is 37.0 Å². The highest BCUT2D eigenvalue weighted by atomic mass is 32.2. The number of sulfonamides is 1. The minimum Gasteiger partial charge on any atom is -0.315 e. The second-order valence-corrected chi connectivity index (χ2v) is 8.98. The van der Waals surface area contributed by atoms with Crippen molar-refractivity contribution in [2.24, 2.45) is 5.92 Å². The lowest BCUT2D eigenvalue weighted by atomic mass is 9.89. The van der Waals surface area contributed by atoms with Crippen molar-refractivity contribution in [1.29, 1.82) is 0 Å². The lowest BCUT2D eigenvalue weighted by Crippen LogP contribution is -2.32. The third-order valence-electron chi connectivity index (χ3n) is 3.89. The van der Waals surface area contributed by atoms with Gasteiger partial charge in [-0.15, -0.1) is 11.3 Å². The highest BCUT2D eigenvalue weighted by Gasteiger charge is 2.26. The van der Waals surface area contributed by atoms with Crippen LogP contribution >= 0.6 is 11.3 Å². The molecule has 114 valence electrons. The van der Waals surface area contributed by atoms with Gasteiger partial charge < -0.3 is 5.32 Å². The van der Waals surface area contributed by atoms with Gasteiger partial charge in [0.2, 0.25) is 0 Å². The van der Waals surface area contributed by atoms with Gasteiger partial charge in [0.1, 0.15) is 4.21 Å². The number of rotatable bonds is 6. The predicted molar refractivity (Wildman–Crippen MR) is 83.5 cm³/mol. The fraction of sp³-hybridized carbons (Fsp3) is 0.714. The van der Waals surface area contributed by atoms with Gasteiger partial charge >= 0.3 is 0 Å². The van der Waals surface area contributed by atoms with Crippen molar-refractivity contribution in [1.82, 2.24) is 9.62 Å². The van der Waals surface area contributed by atoms with Crippen LogP contribution < -0.4 is 5.32 Å². The Balaban J connectivity index is 2.03. The molecule has 1 aromatic rings. The van der Waals surface area contributed by atoms with E-state index in [1.807, 2.05) is 13.1 Å². The summed E-state index contributed by atoms with van der Waals surface area (Å²) in [5.41, 5.74) is 0. The van der Waals surface area contributed by atoms with Gasteiger partial charge in [0.25, 0.3) is 10.0 Å². The second-order valence-electron chi connectivity index (χ2n) is 5.54. The molecule has 0 aromatic carbocycles. The van der Waals surface area contributed by atoms with Gasteiger partial charge in [0, 0.05) is 25.0 Å². The van der Waals surface area contributed by atoms with E-state index in [2.05, 4.69) is 5.32 Å². The van der Waals surface area contributed by atoms with Crippen LogP contribution in [0.15, 0.2) is 16.3 Å². The van der Waals surface area contributed by atoms with Gasteiger partial charge in [-0.25, -0.2) is 8.42 Å². The van der Waals surface area contributed by atoms with Crippen LogP contribution in [0.25, 0.3) is 0 Å². The van der Waals surface area contributed by atoms with Crippen LogP contribution in [0.5, 0.6) is 0 Å². The second kappa shape index (κ2) is 7.02. The van der Waals surface area contributed by atoms with E-state index in [4.69, 9.17) is 0 Å². The quantitative estimate of drug-likeness (QED) is 0.878. The third-order valence-corrected chi connectivity index (χ3v) is 7.27. The minimum atomic E-state index is -3.31. The van der Waals surface area contributed by atoms with Crippen LogP contribution in [0, 0.1) is 5.92 Å². The number of nitrogens with one attached hydrogen (secondary N) is 1. The topological polar surface area (TPSA) is 49.4 Å². The average molecular weight is 316 g/mol. The summed E-state index contributed by atoms with van der Waals surface area (Å²) in [5, 5.41) is 3.05. The summed E-state index contributed by atoms with van der Waals surface area (Å²) in [4.78, 5) is 1.05. The van der Waals surface area contributed by atoms with Gasteiger partial charge in [-0.1, -0.05) is 19.3 Å². The molecule has 0 aliphatic heterocycles. The molecule has 0 amide bonds. The average Bonchev–Trinajstić information content (AvgIpc) is 2.89. The van der Waals surface area contributed by atoms with Crippen molar-refractivity contribution in [3.05, 3.63) is 17.0 Å². The van der Waals surface area contributed by atoms with Crippen LogP contribution in [0.3, 0.4) is 0 Å². The first kappa shape index (κ1) is 15.9. The van der Waals surface area contributed by atoms with Crippen LogP contribution in [-0.4, -0.2) is 33.4 Å². The SMILES string of the molecule is CNCc1ccc(S(=O)(=O)N(C)CC2CCCCC2)s1. The summed E-state index contributed by atoms with van der Waals surface area (Å²) < 4.78 is 27.1. The van der Waals surface area contributed by atoms with E-state index in [9.17, 15) is 8.42 Å². The van der Waals surface area contributed by atoms with Gasteiger partial charge in [-0.05, 0) is 37.9 Å². The fourth-order valence-corrected chi connectivity index (χ4v) is 5.58. The lowest BCUT2D eigenvalue weighted by molar-refractivity contribution is 0.300.